The van der Waals surface area contributed by atoms with Crippen molar-refractivity contribution in [2.24, 2.45) is 13.0 Å². The first-order valence-electron chi connectivity index (χ1n) is 12.0. The molecule has 0 saturated carbocycles. The predicted octanol–water partition coefficient (Wildman–Crippen LogP) is 2.83. The highest BCUT2D eigenvalue weighted by Gasteiger charge is 2.32. The molecule has 2 saturated heterocycles. The Balaban J connectivity index is 1.28. The molecule has 2 aliphatic heterocycles. The quantitative estimate of drug-likeness (QED) is 0.455. The van der Waals surface area contributed by atoms with E-state index in [1.807, 2.05) is 31.8 Å². The number of nitriles is 1. The molecule has 0 amide bonds. The van der Waals surface area contributed by atoms with Gasteiger partial charge in [-0.25, -0.2) is 9.50 Å². The molecule has 0 aliphatic carbocycles. The highest BCUT2D eigenvalue weighted by molar-refractivity contribution is 5.87. The van der Waals surface area contributed by atoms with Gasteiger partial charge in [0.25, 0.3) is 0 Å². The van der Waals surface area contributed by atoms with E-state index in [0.717, 1.165) is 73.0 Å². The lowest BCUT2D eigenvalue weighted by Crippen LogP contribution is -2.52. The van der Waals surface area contributed by atoms with Crippen molar-refractivity contribution >= 4 is 11.3 Å². The number of pyridine rings is 2. The smallest absolute Gasteiger partial charge is 0.128 e. The maximum atomic E-state index is 9.67. The Hall–Kier alpha value is -3.74. The van der Waals surface area contributed by atoms with Gasteiger partial charge in [-0.05, 0) is 24.1 Å². The number of hydrogen-bond donors (Lipinski definition) is 0. The summed E-state index contributed by atoms with van der Waals surface area (Å²) in [6, 6.07) is 9.08. The molecule has 4 aromatic heterocycles. The molecule has 35 heavy (non-hydrogen) atoms. The second-order valence-corrected chi connectivity index (χ2v) is 9.52. The van der Waals surface area contributed by atoms with Crippen molar-refractivity contribution in [1.29, 1.82) is 5.26 Å². The molecule has 0 unspecified atom stereocenters. The number of rotatable bonds is 4. The largest absolute Gasteiger partial charge is 0.379 e. The summed E-state index contributed by atoms with van der Waals surface area (Å²) in [5.41, 5.74) is 5.20. The van der Waals surface area contributed by atoms with Crippen LogP contribution in [-0.2, 0) is 11.8 Å². The van der Waals surface area contributed by atoms with Gasteiger partial charge in [0.15, 0.2) is 0 Å². The van der Waals surface area contributed by atoms with Gasteiger partial charge in [-0.2, -0.15) is 15.5 Å². The highest BCUT2D eigenvalue weighted by Crippen LogP contribution is 2.32. The van der Waals surface area contributed by atoms with Crippen molar-refractivity contribution in [1.82, 2.24) is 29.3 Å². The zero-order valence-corrected chi connectivity index (χ0v) is 20.0. The fraction of sp³-hybridized carbons (Fsp3) is 0.385. The fourth-order valence-corrected chi connectivity index (χ4v) is 5.28. The molecule has 178 valence electrons. The Bertz CT molecular complexity index is 1390. The van der Waals surface area contributed by atoms with E-state index in [9.17, 15) is 5.26 Å². The number of nitrogens with zero attached hydrogens (tertiary/aromatic N) is 8. The Kier molecular flexibility index (Phi) is 5.47. The van der Waals surface area contributed by atoms with E-state index in [-0.39, 0.29) is 0 Å². The Morgan fingerprint density at radius 2 is 1.83 bits per heavy atom. The summed E-state index contributed by atoms with van der Waals surface area (Å²) in [6.45, 7) is 7.96. The topological polar surface area (TPSA) is 87.5 Å². The molecule has 6 rings (SSSR count). The summed E-state index contributed by atoms with van der Waals surface area (Å²) in [7, 11) is 1.90. The molecule has 9 heteroatoms. The number of hydrogen-bond acceptors (Lipinski definition) is 7. The van der Waals surface area contributed by atoms with Crippen molar-refractivity contribution in [3.63, 3.8) is 0 Å². The zero-order valence-electron chi connectivity index (χ0n) is 20.0. The van der Waals surface area contributed by atoms with Crippen molar-refractivity contribution in [2.45, 2.75) is 13.0 Å². The van der Waals surface area contributed by atoms with Crippen LogP contribution in [0, 0.1) is 17.2 Å². The van der Waals surface area contributed by atoms with E-state index in [4.69, 9.17) is 9.72 Å². The van der Waals surface area contributed by atoms with Gasteiger partial charge in [-0.15, -0.1) is 0 Å². The van der Waals surface area contributed by atoms with E-state index in [2.05, 4.69) is 51.2 Å². The van der Waals surface area contributed by atoms with Crippen LogP contribution in [0.25, 0.3) is 27.8 Å². The van der Waals surface area contributed by atoms with Crippen molar-refractivity contribution in [2.75, 3.05) is 44.3 Å². The summed E-state index contributed by atoms with van der Waals surface area (Å²) in [5, 5.41) is 18.4. The first kappa shape index (κ1) is 21.8. The molecule has 2 fully saturated rings. The first-order chi connectivity index (χ1) is 17.1. The number of fused-ring (bicyclic) bond motifs is 1. The second kappa shape index (κ2) is 8.80. The minimum absolute atomic E-state index is 0.534. The number of piperazine rings is 1. The zero-order chi connectivity index (χ0) is 23.9. The van der Waals surface area contributed by atoms with E-state index >= 15 is 0 Å². The minimum atomic E-state index is 0.534. The third kappa shape index (κ3) is 3.95. The van der Waals surface area contributed by atoms with E-state index in [0.29, 0.717) is 17.5 Å². The van der Waals surface area contributed by atoms with Gasteiger partial charge < -0.3 is 9.64 Å². The lowest BCUT2D eigenvalue weighted by molar-refractivity contribution is 0.135. The number of anilines is 1. The minimum Gasteiger partial charge on any atom is -0.379 e. The SMILES string of the molecule is C[C@@H]1COC[C@H]1N1CCN(c2ccc(-c3cc(-c4cnn(C)c4)cn4ncc(C#N)c34)cn2)CC1. The van der Waals surface area contributed by atoms with Crippen LogP contribution in [0.2, 0.25) is 0 Å². The summed E-state index contributed by atoms with van der Waals surface area (Å²) in [6.07, 6.45) is 9.26. The van der Waals surface area contributed by atoms with Gasteiger partial charge in [0.1, 0.15) is 11.9 Å². The maximum absolute atomic E-state index is 9.67. The van der Waals surface area contributed by atoms with Crippen LogP contribution in [0.3, 0.4) is 0 Å². The van der Waals surface area contributed by atoms with Crippen LogP contribution in [-0.4, -0.2) is 74.7 Å². The van der Waals surface area contributed by atoms with Crippen LogP contribution in [0.1, 0.15) is 12.5 Å². The van der Waals surface area contributed by atoms with Gasteiger partial charge in [0, 0.05) is 80.1 Å². The van der Waals surface area contributed by atoms with Crippen LogP contribution < -0.4 is 4.90 Å². The van der Waals surface area contributed by atoms with E-state index in [1.54, 1.807) is 15.4 Å². The molecule has 2 aliphatic rings. The second-order valence-electron chi connectivity index (χ2n) is 9.52. The Morgan fingerprint density at radius 3 is 2.49 bits per heavy atom. The van der Waals surface area contributed by atoms with Gasteiger partial charge >= 0.3 is 0 Å². The van der Waals surface area contributed by atoms with Crippen LogP contribution >= 0.6 is 0 Å². The summed E-state index contributed by atoms with van der Waals surface area (Å²) >= 11 is 0. The van der Waals surface area contributed by atoms with Crippen molar-refractivity contribution in [3.05, 3.63) is 54.7 Å². The predicted molar refractivity (Wildman–Crippen MR) is 133 cm³/mol. The molecule has 9 nitrogen and oxygen atoms in total. The molecule has 0 N–H and O–H groups in total. The van der Waals surface area contributed by atoms with Gasteiger partial charge in [-0.1, -0.05) is 6.92 Å². The maximum Gasteiger partial charge on any atom is 0.128 e. The van der Waals surface area contributed by atoms with Crippen molar-refractivity contribution < 1.29 is 4.74 Å². The third-order valence-corrected chi connectivity index (χ3v) is 7.26. The van der Waals surface area contributed by atoms with Crippen LogP contribution in [0.15, 0.2) is 49.2 Å². The molecule has 6 heterocycles. The van der Waals surface area contributed by atoms with Gasteiger partial charge in [-0.3, -0.25) is 9.58 Å². The van der Waals surface area contributed by atoms with Crippen molar-refractivity contribution in [3.8, 4) is 28.3 Å². The van der Waals surface area contributed by atoms with Gasteiger partial charge in [0.2, 0.25) is 0 Å². The summed E-state index contributed by atoms with van der Waals surface area (Å²) in [4.78, 5) is 9.73. The molecule has 0 radical (unpaired) electrons. The van der Waals surface area contributed by atoms with E-state index < -0.39 is 0 Å². The molecule has 2 atom stereocenters. The van der Waals surface area contributed by atoms with Gasteiger partial charge in [0.05, 0.1) is 36.7 Å². The average Bonchev–Trinajstić information content (AvgIpc) is 3.63. The Labute approximate surface area is 204 Å². The molecule has 0 spiro atoms. The molecule has 0 bridgehead atoms. The average molecular weight is 469 g/mol. The van der Waals surface area contributed by atoms with Crippen LogP contribution in [0.4, 0.5) is 5.82 Å². The summed E-state index contributed by atoms with van der Waals surface area (Å²) in [5.74, 6) is 1.58. The monoisotopic (exact) mass is 468 g/mol. The fourth-order valence-electron chi connectivity index (χ4n) is 5.28. The highest BCUT2D eigenvalue weighted by atomic mass is 16.5. The molecule has 4 aromatic rings. The lowest BCUT2D eigenvalue weighted by Gasteiger charge is -2.39. The summed E-state index contributed by atoms with van der Waals surface area (Å²) < 4.78 is 9.22. The Morgan fingerprint density at radius 1 is 0.971 bits per heavy atom. The standard InChI is InChI=1S/C26H28N8O/c1-18-16-35-17-24(18)32-5-7-33(8-6-32)25-4-3-19(11-28-25)23-9-20(22-13-29-31(2)14-22)15-34-26(23)21(10-27)12-30-34/h3-4,9,11-15,18,24H,5-8,16-17H2,1-2H3/t18-,24-/m1/s1. The first-order valence-corrected chi connectivity index (χ1v) is 12.0. The van der Waals surface area contributed by atoms with E-state index in [1.165, 1.54) is 0 Å². The number of ether oxygens (including phenoxy) is 1. The lowest BCUT2D eigenvalue weighted by atomic mass is 10.0. The van der Waals surface area contributed by atoms with Crippen LogP contribution in [0.5, 0.6) is 0 Å². The molecule has 0 aromatic carbocycles. The number of aromatic nitrogens is 5. The third-order valence-electron chi connectivity index (χ3n) is 7.26. The molecular weight excluding hydrogens is 440 g/mol. The molecular formula is C26H28N8O. The number of aryl methyl sites for hydroxylation is 1. The normalized spacial score (nSPS) is 21.0.